The zero-order chi connectivity index (χ0) is 28.3. The van der Waals surface area contributed by atoms with Gasteiger partial charge in [0.2, 0.25) is 10.0 Å². The first-order chi connectivity index (χ1) is 18.4. The number of hydrogen-bond acceptors (Lipinski definition) is 4. The van der Waals surface area contributed by atoms with Crippen LogP contribution in [0.2, 0.25) is 0 Å². The minimum absolute atomic E-state index is 0.165. The normalized spacial score (nSPS) is 11.6. The molecule has 0 saturated carbocycles. The van der Waals surface area contributed by atoms with Gasteiger partial charge in [-0.05, 0) is 93.8 Å². The van der Waals surface area contributed by atoms with Crippen molar-refractivity contribution in [3.05, 3.63) is 118 Å². The first-order valence-electron chi connectivity index (χ1n) is 12.7. The van der Waals surface area contributed by atoms with Crippen LogP contribution in [0.1, 0.15) is 49.6 Å². The Kier molecular flexibility index (Phi) is 8.06. The van der Waals surface area contributed by atoms with Crippen molar-refractivity contribution in [2.45, 2.75) is 41.2 Å². The highest BCUT2D eigenvalue weighted by Gasteiger charge is 2.19. The Labute approximate surface area is 230 Å². The maximum atomic E-state index is 12.7. The molecular weight excluding hydrogens is 508 g/mol. The predicted octanol–water partition coefficient (Wildman–Crippen LogP) is 5.75. The summed E-state index contributed by atoms with van der Waals surface area (Å²) in [6.07, 6.45) is 2.84. The monoisotopic (exact) mass is 542 g/mol. The maximum absolute atomic E-state index is 12.7. The number of amides is 1. The largest absolute Gasteiger partial charge is 0.318 e. The standard InChI is InChI=1S/C31H34N4O3S/c1-21-7-14-29(15-8-21)35-24(4)18-28(25(35)5)19-32-33-31(36)27-12-10-26(11-13-27)20-34(39(6,37)38)30-16-9-22(2)23(3)17-30/h7-19H,20H2,1-6H3,(H,33,36)/b32-19-. The zero-order valence-electron chi connectivity index (χ0n) is 23.2. The molecule has 8 heteroatoms. The van der Waals surface area contributed by atoms with Gasteiger partial charge in [-0.15, -0.1) is 0 Å². The van der Waals surface area contributed by atoms with Crippen molar-refractivity contribution >= 4 is 27.8 Å². The molecule has 202 valence electrons. The van der Waals surface area contributed by atoms with Gasteiger partial charge in [0.1, 0.15) is 0 Å². The molecule has 0 aliphatic heterocycles. The molecule has 7 nitrogen and oxygen atoms in total. The highest BCUT2D eigenvalue weighted by atomic mass is 32.2. The van der Waals surface area contributed by atoms with Crippen molar-refractivity contribution in [3.8, 4) is 5.69 Å². The third-order valence-corrected chi connectivity index (χ3v) is 7.99. The number of sulfonamides is 1. The first-order valence-corrected chi connectivity index (χ1v) is 14.5. The second kappa shape index (κ2) is 11.3. The van der Waals surface area contributed by atoms with E-state index in [0.717, 1.165) is 39.3 Å². The van der Waals surface area contributed by atoms with Gasteiger partial charge in [0.25, 0.3) is 5.91 Å². The van der Waals surface area contributed by atoms with Crippen molar-refractivity contribution in [2.75, 3.05) is 10.6 Å². The Hall–Kier alpha value is -4.17. The highest BCUT2D eigenvalue weighted by Crippen LogP contribution is 2.24. The number of aryl methyl sites for hydroxylation is 4. The summed E-state index contributed by atoms with van der Waals surface area (Å²) in [5.41, 5.74) is 11.8. The van der Waals surface area contributed by atoms with Crippen molar-refractivity contribution in [1.82, 2.24) is 9.99 Å². The van der Waals surface area contributed by atoms with E-state index in [9.17, 15) is 13.2 Å². The lowest BCUT2D eigenvalue weighted by Crippen LogP contribution is -2.29. The van der Waals surface area contributed by atoms with Crippen LogP contribution in [0, 0.1) is 34.6 Å². The van der Waals surface area contributed by atoms with Crippen LogP contribution in [-0.2, 0) is 16.6 Å². The quantitative estimate of drug-likeness (QED) is 0.227. The molecule has 4 rings (SSSR count). The van der Waals surface area contributed by atoms with E-state index in [1.165, 1.54) is 16.1 Å². The average molecular weight is 543 g/mol. The van der Waals surface area contributed by atoms with Gasteiger partial charge in [0.05, 0.1) is 24.7 Å². The van der Waals surface area contributed by atoms with Gasteiger partial charge < -0.3 is 4.57 Å². The predicted molar refractivity (Wildman–Crippen MR) is 158 cm³/mol. The Morgan fingerprint density at radius 3 is 2.18 bits per heavy atom. The zero-order valence-corrected chi connectivity index (χ0v) is 24.0. The molecule has 0 spiro atoms. The van der Waals surface area contributed by atoms with Crippen LogP contribution in [0.3, 0.4) is 0 Å². The van der Waals surface area contributed by atoms with Gasteiger partial charge in [-0.2, -0.15) is 5.10 Å². The van der Waals surface area contributed by atoms with Gasteiger partial charge in [-0.25, -0.2) is 13.8 Å². The highest BCUT2D eigenvalue weighted by molar-refractivity contribution is 7.92. The number of hydrogen-bond donors (Lipinski definition) is 1. The lowest BCUT2D eigenvalue weighted by molar-refractivity contribution is 0.0955. The average Bonchev–Trinajstić information content (AvgIpc) is 3.17. The molecular formula is C31H34N4O3S. The first kappa shape index (κ1) is 27.9. The Morgan fingerprint density at radius 2 is 1.56 bits per heavy atom. The number of rotatable bonds is 8. The van der Waals surface area contributed by atoms with Gasteiger partial charge in [0.15, 0.2) is 0 Å². The van der Waals surface area contributed by atoms with Crippen LogP contribution >= 0.6 is 0 Å². The molecule has 3 aromatic carbocycles. The van der Waals surface area contributed by atoms with E-state index in [-0.39, 0.29) is 12.5 Å². The van der Waals surface area contributed by atoms with Crippen molar-refractivity contribution in [1.29, 1.82) is 0 Å². The van der Waals surface area contributed by atoms with E-state index >= 15 is 0 Å². The number of nitrogens with one attached hydrogen (secondary N) is 1. The Balaban J connectivity index is 1.44. The van der Waals surface area contributed by atoms with Crippen LogP contribution in [0.25, 0.3) is 5.69 Å². The summed E-state index contributed by atoms with van der Waals surface area (Å²) in [6.45, 7) is 10.2. The molecule has 0 saturated heterocycles. The van der Waals surface area contributed by atoms with Gasteiger partial charge in [-0.3, -0.25) is 9.10 Å². The summed E-state index contributed by atoms with van der Waals surface area (Å²) >= 11 is 0. The van der Waals surface area contributed by atoms with E-state index in [2.05, 4.69) is 46.3 Å². The minimum Gasteiger partial charge on any atom is -0.318 e. The van der Waals surface area contributed by atoms with E-state index in [1.807, 2.05) is 45.9 Å². The molecule has 1 N–H and O–H groups in total. The summed E-state index contributed by atoms with van der Waals surface area (Å²) in [4.78, 5) is 12.7. The van der Waals surface area contributed by atoms with Crippen molar-refractivity contribution in [3.63, 3.8) is 0 Å². The van der Waals surface area contributed by atoms with Crippen LogP contribution in [0.4, 0.5) is 5.69 Å². The topological polar surface area (TPSA) is 83.8 Å². The number of hydrazone groups is 1. The lowest BCUT2D eigenvalue weighted by Gasteiger charge is -2.23. The number of anilines is 1. The molecule has 1 aromatic heterocycles. The van der Waals surface area contributed by atoms with Gasteiger partial charge in [0, 0.05) is 28.2 Å². The second-order valence-electron chi connectivity index (χ2n) is 9.93. The molecule has 0 bridgehead atoms. The van der Waals surface area contributed by atoms with Gasteiger partial charge >= 0.3 is 0 Å². The SMILES string of the molecule is Cc1ccc(-n2c(C)cc(/C=N\NC(=O)c3ccc(CN(c4ccc(C)c(C)c4)S(C)(=O)=O)cc3)c2C)cc1. The molecule has 4 aromatic rings. The fraction of sp³-hybridized carbons (Fsp3) is 0.226. The third kappa shape index (κ3) is 6.46. The van der Waals surface area contributed by atoms with Crippen LogP contribution < -0.4 is 9.73 Å². The summed E-state index contributed by atoms with van der Waals surface area (Å²) < 4.78 is 28.6. The number of carbonyl (C=O) groups is 1. The summed E-state index contributed by atoms with van der Waals surface area (Å²) in [6, 6.07) is 22.8. The molecule has 0 radical (unpaired) electrons. The molecule has 1 heterocycles. The Bertz CT molecular complexity index is 1630. The van der Waals surface area contributed by atoms with Crippen LogP contribution in [0.5, 0.6) is 0 Å². The minimum atomic E-state index is -3.50. The fourth-order valence-corrected chi connectivity index (χ4v) is 5.32. The third-order valence-electron chi connectivity index (χ3n) is 6.85. The van der Waals surface area contributed by atoms with E-state index in [0.29, 0.717) is 11.3 Å². The summed E-state index contributed by atoms with van der Waals surface area (Å²) in [5.74, 6) is -0.348. The maximum Gasteiger partial charge on any atom is 0.271 e. The number of aromatic nitrogens is 1. The molecule has 1 amide bonds. The van der Waals surface area contributed by atoms with E-state index < -0.39 is 10.0 Å². The number of benzene rings is 3. The summed E-state index contributed by atoms with van der Waals surface area (Å²) in [7, 11) is -3.50. The Morgan fingerprint density at radius 1 is 0.897 bits per heavy atom. The van der Waals surface area contributed by atoms with E-state index in [1.54, 1.807) is 36.5 Å². The molecule has 39 heavy (non-hydrogen) atoms. The van der Waals surface area contributed by atoms with E-state index in [4.69, 9.17) is 0 Å². The fourth-order valence-electron chi connectivity index (χ4n) is 4.44. The molecule has 0 aliphatic rings. The summed E-state index contributed by atoms with van der Waals surface area (Å²) in [5, 5.41) is 4.17. The molecule has 0 fully saturated rings. The molecule has 0 unspecified atom stereocenters. The number of nitrogens with zero attached hydrogens (tertiary/aromatic N) is 3. The van der Waals surface area contributed by atoms with Crippen molar-refractivity contribution in [2.24, 2.45) is 5.10 Å². The van der Waals surface area contributed by atoms with Crippen molar-refractivity contribution < 1.29 is 13.2 Å². The smallest absolute Gasteiger partial charge is 0.271 e. The van der Waals surface area contributed by atoms with Crippen LogP contribution in [-0.4, -0.2) is 31.4 Å². The lowest BCUT2D eigenvalue weighted by atomic mass is 10.1. The van der Waals surface area contributed by atoms with Crippen LogP contribution in [0.15, 0.2) is 77.9 Å². The second-order valence-corrected chi connectivity index (χ2v) is 11.8. The molecule has 0 atom stereocenters. The van der Waals surface area contributed by atoms with Gasteiger partial charge in [-0.1, -0.05) is 35.9 Å². The number of carbonyl (C=O) groups excluding carboxylic acids is 1. The molecule has 0 aliphatic carbocycles.